The second kappa shape index (κ2) is 5.51. The van der Waals surface area contributed by atoms with E-state index in [4.69, 9.17) is 5.11 Å². The highest BCUT2D eigenvalue weighted by Gasteiger charge is 2.26. The van der Waals surface area contributed by atoms with Crippen molar-refractivity contribution in [2.24, 2.45) is 0 Å². The Morgan fingerprint density at radius 1 is 1.41 bits per heavy atom. The molecule has 1 saturated heterocycles. The Bertz CT molecular complexity index is 332. The Morgan fingerprint density at radius 3 is 2.59 bits per heavy atom. The van der Waals surface area contributed by atoms with E-state index < -0.39 is 5.97 Å². The zero-order valence-corrected chi connectivity index (χ0v) is 10.0. The van der Waals surface area contributed by atoms with Crippen LogP contribution in [-0.2, 0) is 9.59 Å². The first-order valence-electron chi connectivity index (χ1n) is 5.37. The first-order valence-corrected chi connectivity index (χ1v) is 5.37. The fourth-order valence-corrected chi connectivity index (χ4v) is 1.52. The van der Waals surface area contributed by atoms with Crippen LogP contribution in [0.1, 0.15) is 6.42 Å². The van der Waals surface area contributed by atoms with Crippen LogP contribution < -0.4 is 0 Å². The number of amides is 3. The Hall–Kier alpha value is -1.79. The van der Waals surface area contributed by atoms with E-state index in [2.05, 4.69) is 0 Å². The quantitative estimate of drug-likeness (QED) is 0.709. The molecule has 1 rings (SSSR count). The molecule has 1 aliphatic rings. The molecule has 0 aromatic carbocycles. The van der Waals surface area contributed by atoms with Crippen molar-refractivity contribution in [1.82, 2.24) is 14.7 Å². The molecule has 7 heteroatoms. The highest BCUT2D eigenvalue weighted by atomic mass is 16.4. The molecule has 0 aliphatic carbocycles. The van der Waals surface area contributed by atoms with E-state index in [1.165, 1.54) is 16.8 Å². The lowest BCUT2D eigenvalue weighted by atomic mass is 10.3. The number of hydrogen-bond donors (Lipinski definition) is 1. The summed E-state index contributed by atoms with van der Waals surface area (Å²) in [6.45, 7) is 1.21. The fraction of sp³-hybridized carbons (Fsp3) is 0.700. The van der Waals surface area contributed by atoms with Gasteiger partial charge in [0.05, 0.1) is 6.42 Å². The zero-order valence-electron chi connectivity index (χ0n) is 10.0. The van der Waals surface area contributed by atoms with Crippen LogP contribution in [0.15, 0.2) is 0 Å². The summed E-state index contributed by atoms with van der Waals surface area (Å²) in [4.78, 5) is 38.0. The Labute approximate surface area is 99.6 Å². The molecular formula is C10H17N3O4. The molecule has 96 valence electrons. The third-order valence-corrected chi connectivity index (χ3v) is 2.72. The first kappa shape index (κ1) is 13.3. The third kappa shape index (κ3) is 3.61. The number of urea groups is 1. The number of piperazine rings is 1. The Morgan fingerprint density at radius 2 is 2.06 bits per heavy atom. The van der Waals surface area contributed by atoms with Crippen molar-refractivity contribution < 1.29 is 19.5 Å². The number of carboxylic acids is 1. The lowest BCUT2D eigenvalue weighted by Gasteiger charge is -2.34. The van der Waals surface area contributed by atoms with Crippen molar-refractivity contribution in [1.29, 1.82) is 0 Å². The molecule has 1 N–H and O–H groups in total. The predicted octanol–water partition coefficient (Wildman–Crippen LogP) is -0.713. The molecule has 7 nitrogen and oxygen atoms in total. The molecule has 0 unspecified atom stereocenters. The highest BCUT2D eigenvalue weighted by molar-refractivity contribution is 5.85. The van der Waals surface area contributed by atoms with Crippen LogP contribution in [0.2, 0.25) is 0 Å². The van der Waals surface area contributed by atoms with Crippen LogP contribution in [0.5, 0.6) is 0 Å². The van der Waals surface area contributed by atoms with Gasteiger partial charge in [0, 0.05) is 33.7 Å². The lowest BCUT2D eigenvalue weighted by Crippen LogP contribution is -2.53. The summed E-state index contributed by atoms with van der Waals surface area (Å²) < 4.78 is 0. The standard InChI is InChI=1S/C10H17N3O4/c1-11-5-6-13(7-8(11)14)10(17)12(2)4-3-9(15)16/h3-7H2,1-2H3,(H,15,16). The molecule has 0 bridgehead atoms. The molecule has 1 heterocycles. The number of nitrogens with zero attached hydrogens (tertiary/aromatic N) is 3. The number of aliphatic carboxylic acids is 1. The Kier molecular flexibility index (Phi) is 4.30. The van der Waals surface area contributed by atoms with Gasteiger partial charge >= 0.3 is 12.0 Å². The van der Waals surface area contributed by atoms with Gasteiger partial charge in [-0.1, -0.05) is 0 Å². The smallest absolute Gasteiger partial charge is 0.320 e. The molecule has 3 amide bonds. The fourth-order valence-electron chi connectivity index (χ4n) is 1.52. The highest BCUT2D eigenvalue weighted by Crippen LogP contribution is 2.04. The van der Waals surface area contributed by atoms with Crippen molar-refractivity contribution >= 4 is 17.9 Å². The number of carbonyl (C=O) groups is 3. The topological polar surface area (TPSA) is 81.2 Å². The number of carbonyl (C=O) groups excluding carboxylic acids is 2. The first-order chi connectivity index (χ1) is 7.91. The summed E-state index contributed by atoms with van der Waals surface area (Å²) in [7, 11) is 3.23. The van der Waals surface area contributed by atoms with Crippen LogP contribution in [-0.4, -0.2) is 78.0 Å². The summed E-state index contributed by atoms with van der Waals surface area (Å²) in [6, 6.07) is -0.298. The van der Waals surface area contributed by atoms with E-state index in [1.54, 1.807) is 11.9 Å². The Balaban J connectivity index is 2.46. The molecule has 0 radical (unpaired) electrons. The molecule has 17 heavy (non-hydrogen) atoms. The maximum absolute atomic E-state index is 11.9. The van der Waals surface area contributed by atoms with Crippen molar-refractivity contribution in [3.63, 3.8) is 0 Å². The van der Waals surface area contributed by atoms with Crippen molar-refractivity contribution in [3.05, 3.63) is 0 Å². The molecule has 0 atom stereocenters. The number of likely N-dealkylation sites (N-methyl/N-ethyl adjacent to an activating group) is 1. The van der Waals surface area contributed by atoms with Gasteiger partial charge in [-0.15, -0.1) is 0 Å². The van der Waals surface area contributed by atoms with Crippen molar-refractivity contribution in [2.45, 2.75) is 6.42 Å². The molecule has 0 aromatic heterocycles. The second-order valence-electron chi connectivity index (χ2n) is 4.08. The van der Waals surface area contributed by atoms with Crippen LogP contribution >= 0.6 is 0 Å². The van der Waals surface area contributed by atoms with Crippen molar-refractivity contribution in [2.75, 3.05) is 40.3 Å². The van der Waals surface area contributed by atoms with E-state index in [0.717, 1.165) is 0 Å². The molecular weight excluding hydrogens is 226 g/mol. The van der Waals surface area contributed by atoms with Gasteiger partial charge in [0.2, 0.25) is 5.91 Å². The average molecular weight is 243 g/mol. The van der Waals surface area contributed by atoms with E-state index in [9.17, 15) is 14.4 Å². The van der Waals surface area contributed by atoms with Gasteiger partial charge in [-0.2, -0.15) is 0 Å². The monoisotopic (exact) mass is 243 g/mol. The maximum Gasteiger partial charge on any atom is 0.320 e. The minimum Gasteiger partial charge on any atom is -0.481 e. The second-order valence-corrected chi connectivity index (χ2v) is 4.08. The lowest BCUT2D eigenvalue weighted by molar-refractivity contribution is -0.137. The predicted molar refractivity (Wildman–Crippen MR) is 59.5 cm³/mol. The summed E-state index contributed by atoms with van der Waals surface area (Å²) in [5.74, 6) is -1.05. The van der Waals surface area contributed by atoms with Gasteiger partial charge in [-0.25, -0.2) is 4.79 Å². The minimum atomic E-state index is -0.945. The van der Waals surface area contributed by atoms with Crippen LogP contribution in [0, 0.1) is 0 Å². The number of hydrogen-bond acceptors (Lipinski definition) is 3. The van der Waals surface area contributed by atoms with Crippen molar-refractivity contribution in [3.8, 4) is 0 Å². The molecule has 0 spiro atoms. The van der Waals surface area contributed by atoms with Gasteiger partial charge in [0.25, 0.3) is 0 Å². The molecule has 0 saturated carbocycles. The van der Waals surface area contributed by atoms with E-state index in [-0.39, 0.29) is 31.4 Å². The summed E-state index contributed by atoms with van der Waals surface area (Å²) >= 11 is 0. The zero-order chi connectivity index (χ0) is 13.0. The molecule has 1 aliphatic heterocycles. The number of rotatable bonds is 3. The van der Waals surface area contributed by atoms with Crippen LogP contribution in [0.3, 0.4) is 0 Å². The minimum absolute atomic E-state index is 0.0622. The SMILES string of the molecule is CN1CCN(C(=O)N(C)CCC(=O)O)CC1=O. The van der Waals surface area contributed by atoms with Gasteiger partial charge in [0.1, 0.15) is 6.54 Å². The summed E-state index contributed by atoms with van der Waals surface area (Å²) in [5, 5.41) is 8.52. The van der Waals surface area contributed by atoms with Gasteiger partial charge < -0.3 is 19.8 Å². The maximum atomic E-state index is 11.9. The van der Waals surface area contributed by atoms with Gasteiger partial charge in [-0.3, -0.25) is 9.59 Å². The average Bonchev–Trinajstić information content (AvgIpc) is 2.28. The normalized spacial score (nSPS) is 16.0. The third-order valence-electron chi connectivity index (χ3n) is 2.72. The van der Waals surface area contributed by atoms with E-state index in [1.807, 2.05) is 0 Å². The van der Waals surface area contributed by atoms with E-state index >= 15 is 0 Å². The van der Waals surface area contributed by atoms with Crippen LogP contribution in [0.25, 0.3) is 0 Å². The van der Waals surface area contributed by atoms with Gasteiger partial charge in [-0.05, 0) is 0 Å². The summed E-state index contributed by atoms with van der Waals surface area (Å²) in [5.41, 5.74) is 0. The number of carboxylic acid groups (broad SMARTS) is 1. The summed E-state index contributed by atoms with van der Waals surface area (Å²) in [6.07, 6.45) is -0.0933. The van der Waals surface area contributed by atoms with Gasteiger partial charge in [0.15, 0.2) is 0 Å². The van der Waals surface area contributed by atoms with E-state index in [0.29, 0.717) is 13.1 Å². The van der Waals surface area contributed by atoms with Crippen LogP contribution in [0.4, 0.5) is 4.79 Å². The molecule has 0 aromatic rings. The molecule has 1 fully saturated rings. The largest absolute Gasteiger partial charge is 0.481 e.